The van der Waals surface area contributed by atoms with Gasteiger partial charge in [0.1, 0.15) is 17.1 Å². The molecule has 17 heavy (non-hydrogen) atoms. The maximum atomic E-state index is 11.7. The van der Waals surface area contributed by atoms with Gasteiger partial charge in [0.05, 0.1) is 13.7 Å². The van der Waals surface area contributed by atoms with Crippen LogP contribution in [0.5, 0.6) is 11.5 Å². The van der Waals surface area contributed by atoms with Gasteiger partial charge >= 0.3 is 5.97 Å². The topological polar surface area (TPSA) is 55.8 Å². The van der Waals surface area contributed by atoms with Crippen molar-refractivity contribution in [3.05, 3.63) is 23.3 Å². The van der Waals surface area contributed by atoms with Crippen LogP contribution in [0.1, 0.15) is 36.2 Å². The number of phenolic OH excluding ortho intramolecular Hbond substituents is 1. The van der Waals surface area contributed by atoms with Crippen LogP contribution in [0, 0.1) is 0 Å². The van der Waals surface area contributed by atoms with Gasteiger partial charge in [0, 0.05) is 6.07 Å². The molecule has 0 aliphatic carbocycles. The van der Waals surface area contributed by atoms with E-state index < -0.39 is 5.97 Å². The predicted molar refractivity (Wildman–Crippen MR) is 64.6 cm³/mol. The number of aryl methyl sites for hydroxylation is 1. The first-order valence-corrected chi connectivity index (χ1v) is 5.71. The van der Waals surface area contributed by atoms with E-state index in [9.17, 15) is 9.90 Å². The third-order valence-electron chi connectivity index (χ3n) is 2.41. The Labute approximate surface area is 101 Å². The van der Waals surface area contributed by atoms with Gasteiger partial charge < -0.3 is 14.6 Å². The van der Waals surface area contributed by atoms with Crippen LogP contribution < -0.4 is 4.74 Å². The zero-order chi connectivity index (χ0) is 12.8. The Balaban J connectivity index is 3.20. The van der Waals surface area contributed by atoms with E-state index in [2.05, 4.69) is 0 Å². The van der Waals surface area contributed by atoms with Crippen LogP contribution >= 0.6 is 0 Å². The lowest BCUT2D eigenvalue weighted by Gasteiger charge is -2.12. The summed E-state index contributed by atoms with van der Waals surface area (Å²) < 4.78 is 9.99. The van der Waals surface area contributed by atoms with Crippen LogP contribution in [0.2, 0.25) is 0 Å². The number of hydrogen-bond donors (Lipinski definition) is 1. The van der Waals surface area contributed by atoms with Gasteiger partial charge in [-0.05, 0) is 25.0 Å². The molecule has 0 aromatic heterocycles. The van der Waals surface area contributed by atoms with Gasteiger partial charge in [-0.15, -0.1) is 0 Å². The first kappa shape index (κ1) is 13.4. The Morgan fingerprint density at radius 3 is 2.59 bits per heavy atom. The zero-order valence-corrected chi connectivity index (χ0v) is 10.4. The second-order valence-corrected chi connectivity index (χ2v) is 3.65. The van der Waals surface area contributed by atoms with E-state index in [0.29, 0.717) is 12.2 Å². The number of ether oxygens (including phenoxy) is 2. The number of hydrogen-bond acceptors (Lipinski definition) is 4. The molecule has 0 saturated carbocycles. The Hall–Kier alpha value is -1.71. The van der Waals surface area contributed by atoms with Gasteiger partial charge in [-0.1, -0.05) is 13.3 Å². The SMILES string of the molecule is CCCc1cc(OC)cc(O)c1C(=O)OCC. The van der Waals surface area contributed by atoms with Crippen molar-refractivity contribution in [1.82, 2.24) is 0 Å². The molecule has 0 unspecified atom stereocenters. The molecule has 0 radical (unpaired) electrons. The van der Waals surface area contributed by atoms with E-state index in [4.69, 9.17) is 9.47 Å². The molecule has 1 rings (SSSR count). The lowest BCUT2D eigenvalue weighted by molar-refractivity contribution is 0.0521. The van der Waals surface area contributed by atoms with Crippen LogP contribution in [0.3, 0.4) is 0 Å². The van der Waals surface area contributed by atoms with Crippen molar-refractivity contribution in [2.75, 3.05) is 13.7 Å². The molecular weight excluding hydrogens is 220 g/mol. The van der Waals surface area contributed by atoms with E-state index in [0.717, 1.165) is 12.0 Å². The molecule has 0 spiro atoms. The molecule has 0 atom stereocenters. The summed E-state index contributed by atoms with van der Waals surface area (Å²) in [7, 11) is 1.52. The Bertz CT molecular complexity index is 399. The van der Waals surface area contributed by atoms with Crippen molar-refractivity contribution >= 4 is 5.97 Å². The average Bonchev–Trinajstić information content (AvgIpc) is 2.29. The number of carbonyl (C=O) groups excluding carboxylic acids is 1. The Morgan fingerprint density at radius 1 is 1.35 bits per heavy atom. The van der Waals surface area contributed by atoms with Crippen LogP contribution in [0.4, 0.5) is 0 Å². The summed E-state index contributed by atoms with van der Waals surface area (Å²) >= 11 is 0. The van der Waals surface area contributed by atoms with Gasteiger partial charge in [-0.3, -0.25) is 0 Å². The van der Waals surface area contributed by atoms with E-state index in [-0.39, 0.29) is 17.9 Å². The van der Waals surface area contributed by atoms with E-state index in [1.54, 1.807) is 13.0 Å². The number of carbonyl (C=O) groups is 1. The summed E-state index contributed by atoms with van der Waals surface area (Å²) in [5, 5.41) is 9.85. The smallest absolute Gasteiger partial charge is 0.342 e. The summed E-state index contributed by atoms with van der Waals surface area (Å²) in [6.07, 6.45) is 1.57. The van der Waals surface area contributed by atoms with Gasteiger partial charge in [0.2, 0.25) is 0 Å². The molecule has 0 amide bonds. The van der Waals surface area contributed by atoms with Crippen molar-refractivity contribution in [3.63, 3.8) is 0 Å². The van der Waals surface area contributed by atoms with Gasteiger partial charge in [-0.25, -0.2) is 4.79 Å². The van der Waals surface area contributed by atoms with Gasteiger partial charge in [-0.2, -0.15) is 0 Å². The summed E-state index contributed by atoms with van der Waals surface area (Å²) in [6, 6.07) is 3.18. The molecule has 0 aliphatic rings. The minimum absolute atomic E-state index is 0.0914. The van der Waals surface area contributed by atoms with Crippen molar-refractivity contribution in [2.45, 2.75) is 26.7 Å². The normalized spacial score (nSPS) is 10.1. The molecule has 1 aromatic rings. The summed E-state index contributed by atoms with van der Waals surface area (Å²) in [6.45, 7) is 4.03. The first-order chi connectivity index (χ1) is 8.13. The quantitative estimate of drug-likeness (QED) is 0.801. The van der Waals surface area contributed by atoms with Crippen LogP contribution in [-0.4, -0.2) is 24.8 Å². The minimum Gasteiger partial charge on any atom is -0.507 e. The number of phenols is 1. The molecule has 0 fully saturated rings. The summed E-state index contributed by atoms with van der Waals surface area (Å²) in [4.78, 5) is 11.7. The van der Waals surface area contributed by atoms with Crippen molar-refractivity contribution in [3.8, 4) is 11.5 Å². The Kier molecular flexibility index (Phi) is 4.82. The lowest BCUT2D eigenvalue weighted by atomic mass is 10.0. The minimum atomic E-state index is -0.490. The molecule has 1 N–H and O–H groups in total. The van der Waals surface area contributed by atoms with Crippen LogP contribution in [-0.2, 0) is 11.2 Å². The Morgan fingerprint density at radius 2 is 2.06 bits per heavy atom. The highest BCUT2D eigenvalue weighted by Gasteiger charge is 2.18. The largest absolute Gasteiger partial charge is 0.507 e. The molecule has 0 heterocycles. The summed E-state index contributed by atoms with van der Waals surface area (Å²) in [5.74, 6) is -0.0404. The highest BCUT2D eigenvalue weighted by Crippen LogP contribution is 2.29. The molecule has 0 bridgehead atoms. The molecule has 4 nitrogen and oxygen atoms in total. The highest BCUT2D eigenvalue weighted by atomic mass is 16.5. The van der Waals surface area contributed by atoms with Crippen molar-refractivity contribution in [1.29, 1.82) is 0 Å². The third-order valence-corrected chi connectivity index (χ3v) is 2.41. The number of esters is 1. The second-order valence-electron chi connectivity index (χ2n) is 3.65. The molecule has 0 saturated heterocycles. The van der Waals surface area contributed by atoms with Gasteiger partial charge in [0.15, 0.2) is 0 Å². The molecule has 0 aliphatic heterocycles. The maximum absolute atomic E-state index is 11.7. The molecule has 94 valence electrons. The van der Waals surface area contributed by atoms with Crippen LogP contribution in [0.15, 0.2) is 12.1 Å². The molecule has 4 heteroatoms. The van der Waals surface area contributed by atoms with Crippen molar-refractivity contribution in [2.24, 2.45) is 0 Å². The fourth-order valence-electron chi connectivity index (χ4n) is 1.68. The number of aromatic hydroxyl groups is 1. The number of rotatable bonds is 5. The fraction of sp³-hybridized carbons (Fsp3) is 0.462. The maximum Gasteiger partial charge on any atom is 0.342 e. The zero-order valence-electron chi connectivity index (χ0n) is 10.4. The van der Waals surface area contributed by atoms with E-state index in [1.807, 2.05) is 6.92 Å². The standard InChI is InChI=1S/C13H18O4/c1-4-6-9-7-10(16-3)8-11(14)12(9)13(15)17-5-2/h7-8,14H,4-6H2,1-3H3. The fourth-order valence-corrected chi connectivity index (χ4v) is 1.68. The van der Waals surface area contributed by atoms with Crippen molar-refractivity contribution < 1.29 is 19.4 Å². The monoisotopic (exact) mass is 238 g/mol. The highest BCUT2D eigenvalue weighted by molar-refractivity contribution is 5.94. The predicted octanol–water partition coefficient (Wildman–Crippen LogP) is 2.53. The van der Waals surface area contributed by atoms with Gasteiger partial charge in [0.25, 0.3) is 0 Å². The molecule has 1 aromatic carbocycles. The average molecular weight is 238 g/mol. The van der Waals surface area contributed by atoms with Crippen LogP contribution in [0.25, 0.3) is 0 Å². The second kappa shape index (κ2) is 6.13. The van der Waals surface area contributed by atoms with E-state index in [1.165, 1.54) is 13.2 Å². The molecular formula is C13H18O4. The number of methoxy groups -OCH3 is 1. The first-order valence-electron chi connectivity index (χ1n) is 5.71. The summed E-state index contributed by atoms with van der Waals surface area (Å²) in [5.41, 5.74) is 0.998. The third kappa shape index (κ3) is 3.12. The lowest BCUT2D eigenvalue weighted by Crippen LogP contribution is -2.09. The van der Waals surface area contributed by atoms with E-state index >= 15 is 0 Å². The number of benzene rings is 1.